The number of rotatable bonds is 1. The third kappa shape index (κ3) is 3.57. The van der Waals surface area contributed by atoms with Crippen LogP contribution in [0.1, 0.15) is 57.7 Å². The molecule has 0 saturated carbocycles. The molecule has 4 nitrogen and oxygen atoms in total. The van der Waals surface area contributed by atoms with Crippen LogP contribution in [0, 0.1) is 6.92 Å². The molecule has 2 unspecified atom stereocenters. The molecule has 3 heterocycles. The van der Waals surface area contributed by atoms with Crippen LogP contribution in [0.5, 0.6) is 0 Å². The van der Waals surface area contributed by atoms with Gasteiger partial charge >= 0.3 is 6.09 Å². The molecule has 23 heavy (non-hydrogen) atoms. The smallest absolute Gasteiger partial charge is 0.411 e. The second-order valence-corrected chi connectivity index (χ2v) is 7.62. The predicted molar refractivity (Wildman–Crippen MR) is 91.1 cm³/mol. The zero-order chi connectivity index (χ0) is 16.6. The minimum absolute atomic E-state index is 0.147. The number of fused-ring (bicyclic) bond motifs is 2. The molecule has 2 bridgehead atoms. The number of aryl methyl sites for hydroxylation is 1. The van der Waals surface area contributed by atoms with Crippen LogP contribution in [-0.4, -0.2) is 33.7 Å². The topological polar surface area (TPSA) is 42.4 Å². The van der Waals surface area contributed by atoms with Crippen LogP contribution in [0.2, 0.25) is 0 Å². The molecule has 0 aliphatic carbocycles. The first-order valence-corrected chi connectivity index (χ1v) is 8.48. The first kappa shape index (κ1) is 16.0. The van der Waals surface area contributed by atoms with Crippen molar-refractivity contribution in [2.75, 3.05) is 0 Å². The van der Waals surface area contributed by atoms with Crippen molar-refractivity contribution in [1.82, 2.24) is 9.88 Å². The molecule has 1 aromatic heterocycles. The average molecular weight is 314 g/mol. The van der Waals surface area contributed by atoms with Gasteiger partial charge in [0.05, 0.1) is 6.04 Å². The summed E-state index contributed by atoms with van der Waals surface area (Å²) in [5, 5.41) is 0. The lowest BCUT2D eigenvalue weighted by Gasteiger charge is -2.45. The van der Waals surface area contributed by atoms with Crippen LogP contribution in [-0.2, 0) is 4.74 Å². The molecule has 0 aromatic carbocycles. The van der Waals surface area contributed by atoms with Gasteiger partial charge in [-0.2, -0.15) is 0 Å². The normalized spacial score (nSPS) is 24.2. The summed E-state index contributed by atoms with van der Waals surface area (Å²) < 4.78 is 5.62. The molecule has 2 atom stereocenters. The second-order valence-electron chi connectivity index (χ2n) is 7.62. The van der Waals surface area contributed by atoms with Crippen LogP contribution in [0.15, 0.2) is 24.4 Å². The molecular weight excluding hydrogens is 288 g/mol. The number of ether oxygens (including phenoxy) is 1. The lowest BCUT2D eigenvalue weighted by Crippen LogP contribution is -2.53. The Kier molecular flexibility index (Phi) is 4.17. The fraction of sp³-hybridized carbons (Fsp3) is 0.579. The van der Waals surface area contributed by atoms with Gasteiger partial charge in [-0.15, -0.1) is 0 Å². The Morgan fingerprint density at radius 1 is 1.30 bits per heavy atom. The van der Waals surface area contributed by atoms with E-state index in [2.05, 4.69) is 17.1 Å². The number of amides is 1. The van der Waals surface area contributed by atoms with E-state index in [1.165, 1.54) is 17.6 Å². The summed E-state index contributed by atoms with van der Waals surface area (Å²) in [6.07, 6.45) is 8.13. The molecule has 3 rings (SSSR count). The summed E-state index contributed by atoms with van der Waals surface area (Å²) in [4.78, 5) is 18.9. The van der Waals surface area contributed by atoms with Gasteiger partial charge in [-0.1, -0.05) is 12.1 Å². The number of piperidine rings is 1. The van der Waals surface area contributed by atoms with Gasteiger partial charge in [0.15, 0.2) is 0 Å². The van der Waals surface area contributed by atoms with Crippen molar-refractivity contribution in [3.05, 3.63) is 35.7 Å². The van der Waals surface area contributed by atoms with Crippen molar-refractivity contribution in [2.24, 2.45) is 0 Å². The molecular formula is C19H26N2O2. The van der Waals surface area contributed by atoms with Crippen molar-refractivity contribution in [2.45, 2.75) is 71.1 Å². The molecule has 2 aliphatic heterocycles. The first-order valence-electron chi connectivity index (χ1n) is 8.48. The highest BCUT2D eigenvalue weighted by Crippen LogP contribution is 2.37. The summed E-state index contributed by atoms with van der Waals surface area (Å²) in [6, 6.07) is 4.57. The molecule has 1 fully saturated rings. The maximum absolute atomic E-state index is 12.6. The van der Waals surface area contributed by atoms with Gasteiger partial charge in [-0.25, -0.2) is 4.79 Å². The Bertz CT molecular complexity index is 613. The van der Waals surface area contributed by atoms with Gasteiger partial charge in [-0.3, -0.25) is 9.88 Å². The van der Waals surface area contributed by atoms with E-state index in [4.69, 9.17) is 4.74 Å². The lowest BCUT2D eigenvalue weighted by molar-refractivity contribution is 0.0000859. The van der Waals surface area contributed by atoms with Crippen LogP contribution < -0.4 is 0 Å². The number of hydrogen-bond donors (Lipinski definition) is 0. The third-order valence-corrected chi connectivity index (χ3v) is 4.52. The third-order valence-electron chi connectivity index (χ3n) is 4.52. The Labute approximate surface area is 138 Å². The van der Waals surface area contributed by atoms with Gasteiger partial charge in [0, 0.05) is 17.9 Å². The van der Waals surface area contributed by atoms with Crippen molar-refractivity contribution < 1.29 is 9.53 Å². The highest BCUT2D eigenvalue weighted by Gasteiger charge is 2.39. The molecule has 0 spiro atoms. The molecule has 1 saturated heterocycles. The molecule has 0 radical (unpaired) electrons. The van der Waals surface area contributed by atoms with E-state index in [0.717, 1.165) is 25.0 Å². The minimum atomic E-state index is -0.448. The van der Waals surface area contributed by atoms with Crippen LogP contribution in [0.3, 0.4) is 0 Å². The number of carbonyl (C=O) groups excluding carboxylic acids is 1. The van der Waals surface area contributed by atoms with E-state index in [-0.39, 0.29) is 18.2 Å². The fourth-order valence-corrected chi connectivity index (χ4v) is 3.50. The monoisotopic (exact) mass is 314 g/mol. The van der Waals surface area contributed by atoms with Crippen LogP contribution in [0.4, 0.5) is 4.79 Å². The molecule has 1 aromatic rings. The van der Waals surface area contributed by atoms with E-state index >= 15 is 0 Å². The summed E-state index contributed by atoms with van der Waals surface area (Å²) >= 11 is 0. The van der Waals surface area contributed by atoms with Crippen molar-refractivity contribution in [1.29, 1.82) is 0 Å². The van der Waals surface area contributed by atoms with E-state index in [9.17, 15) is 4.79 Å². The SMILES string of the molecule is Cc1ccc(C2=CC3CCCC(C2)N3C(=O)OC(C)(C)C)cn1. The fourth-order valence-electron chi connectivity index (χ4n) is 3.50. The maximum atomic E-state index is 12.6. The Hall–Kier alpha value is -1.84. The van der Waals surface area contributed by atoms with Gasteiger partial charge in [0.2, 0.25) is 0 Å². The number of pyridine rings is 1. The summed E-state index contributed by atoms with van der Waals surface area (Å²) in [6.45, 7) is 7.76. The maximum Gasteiger partial charge on any atom is 0.411 e. The number of nitrogens with zero attached hydrogens (tertiary/aromatic N) is 2. The van der Waals surface area contributed by atoms with Gasteiger partial charge in [0.25, 0.3) is 0 Å². The van der Waals surface area contributed by atoms with Crippen molar-refractivity contribution >= 4 is 11.7 Å². The summed E-state index contributed by atoms with van der Waals surface area (Å²) in [5.41, 5.74) is 3.07. The summed E-state index contributed by atoms with van der Waals surface area (Å²) in [5.74, 6) is 0. The van der Waals surface area contributed by atoms with Crippen LogP contribution in [0.25, 0.3) is 5.57 Å². The van der Waals surface area contributed by atoms with Gasteiger partial charge < -0.3 is 4.74 Å². The Balaban J connectivity index is 1.84. The molecule has 2 aliphatic rings. The Morgan fingerprint density at radius 2 is 2.09 bits per heavy atom. The number of aromatic nitrogens is 1. The second kappa shape index (κ2) is 5.99. The van der Waals surface area contributed by atoms with Crippen molar-refractivity contribution in [3.63, 3.8) is 0 Å². The highest BCUT2D eigenvalue weighted by molar-refractivity contribution is 5.74. The molecule has 0 N–H and O–H groups in total. The average Bonchev–Trinajstić information content (AvgIpc) is 2.44. The predicted octanol–water partition coefficient (Wildman–Crippen LogP) is 4.34. The van der Waals surface area contributed by atoms with E-state index in [1.54, 1.807) is 0 Å². The number of hydrogen-bond acceptors (Lipinski definition) is 3. The zero-order valence-corrected chi connectivity index (χ0v) is 14.5. The van der Waals surface area contributed by atoms with Gasteiger partial charge in [0.1, 0.15) is 5.60 Å². The van der Waals surface area contributed by atoms with E-state index in [1.807, 2.05) is 44.9 Å². The molecule has 4 heteroatoms. The summed E-state index contributed by atoms with van der Waals surface area (Å²) in [7, 11) is 0. The highest BCUT2D eigenvalue weighted by atomic mass is 16.6. The molecule has 1 amide bonds. The van der Waals surface area contributed by atoms with E-state index < -0.39 is 5.60 Å². The zero-order valence-electron chi connectivity index (χ0n) is 14.5. The largest absolute Gasteiger partial charge is 0.444 e. The Morgan fingerprint density at radius 3 is 2.70 bits per heavy atom. The molecule has 124 valence electrons. The number of carbonyl (C=O) groups is 1. The van der Waals surface area contributed by atoms with Crippen LogP contribution >= 0.6 is 0 Å². The minimum Gasteiger partial charge on any atom is -0.444 e. The standard InChI is InChI=1S/C19H26N2O2/c1-13-8-9-14(12-20-13)15-10-16-6-5-7-17(11-15)21(16)18(22)23-19(2,3)4/h8-10,12,16-17H,5-7,11H2,1-4H3. The van der Waals surface area contributed by atoms with Crippen molar-refractivity contribution in [3.8, 4) is 0 Å². The quantitative estimate of drug-likeness (QED) is 0.774. The van der Waals surface area contributed by atoms with E-state index in [0.29, 0.717) is 0 Å². The lowest BCUT2D eigenvalue weighted by atomic mass is 9.83. The first-order chi connectivity index (χ1) is 10.8. The van der Waals surface area contributed by atoms with Gasteiger partial charge in [-0.05, 0) is 70.6 Å².